The molecule has 0 unspecified atom stereocenters. The molecule has 7 nitrogen and oxygen atoms in total. The van der Waals surface area contributed by atoms with Gasteiger partial charge in [0.05, 0.1) is 6.54 Å². The van der Waals surface area contributed by atoms with Crippen LogP contribution in [0.3, 0.4) is 0 Å². The molecule has 0 radical (unpaired) electrons. The van der Waals surface area contributed by atoms with Crippen molar-refractivity contribution < 1.29 is 14.4 Å². The summed E-state index contributed by atoms with van der Waals surface area (Å²) in [6.45, 7) is 2.60. The van der Waals surface area contributed by atoms with Gasteiger partial charge in [-0.15, -0.1) is 0 Å². The highest BCUT2D eigenvalue weighted by Crippen LogP contribution is 2.34. The summed E-state index contributed by atoms with van der Waals surface area (Å²) in [6, 6.07) is 0. The number of nitrogens with one attached hydrogen (secondary N) is 1. The quantitative estimate of drug-likeness (QED) is 0.729. The summed E-state index contributed by atoms with van der Waals surface area (Å²) >= 11 is 0. The van der Waals surface area contributed by atoms with E-state index in [1.165, 1.54) is 0 Å². The number of piperazine rings is 1. The average Bonchev–Trinajstić information content (AvgIpc) is 3.45. The molecule has 3 fully saturated rings. The minimum atomic E-state index is -0.520. The van der Waals surface area contributed by atoms with E-state index in [1.54, 1.807) is 4.90 Å². The first-order chi connectivity index (χ1) is 11.5. The van der Waals surface area contributed by atoms with Gasteiger partial charge >= 0.3 is 0 Å². The van der Waals surface area contributed by atoms with Gasteiger partial charge in [0.2, 0.25) is 17.7 Å². The fourth-order valence-electron chi connectivity index (χ4n) is 4.00. The van der Waals surface area contributed by atoms with E-state index in [9.17, 15) is 14.4 Å². The SMILES string of the molecule is NC(=O)C1(N2CCN(C(=O)CNC(=O)C3CC3)CC2)CCCCC1. The first-order valence-electron chi connectivity index (χ1n) is 9.13. The van der Waals surface area contributed by atoms with Gasteiger partial charge in [-0.1, -0.05) is 19.3 Å². The van der Waals surface area contributed by atoms with Crippen LogP contribution in [0.1, 0.15) is 44.9 Å². The molecule has 1 saturated heterocycles. The van der Waals surface area contributed by atoms with Crippen molar-refractivity contribution in [3.05, 3.63) is 0 Å². The molecule has 2 aliphatic carbocycles. The highest BCUT2D eigenvalue weighted by atomic mass is 16.2. The summed E-state index contributed by atoms with van der Waals surface area (Å²) in [6.07, 6.45) is 6.77. The molecular formula is C17H28N4O3. The van der Waals surface area contributed by atoms with Gasteiger partial charge in [-0.2, -0.15) is 0 Å². The molecule has 134 valence electrons. The predicted molar refractivity (Wildman–Crippen MR) is 88.9 cm³/mol. The van der Waals surface area contributed by atoms with Gasteiger partial charge in [0.15, 0.2) is 0 Å². The highest BCUT2D eigenvalue weighted by Gasteiger charge is 2.44. The van der Waals surface area contributed by atoms with Crippen LogP contribution >= 0.6 is 0 Å². The molecular weight excluding hydrogens is 308 g/mol. The molecule has 3 aliphatic rings. The van der Waals surface area contributed by atoms with Crippen LogP contribution < -0.4 is 11.1 Å². The van der Waals surface area contributed by atoms with Crippen molar-refractivity contribution >= 4 is 17.7 Å². The smallest absolute Gasteiger partial charge is 0.242 e. The Kier molecular flexibility index (Phi) is 5.08. The topological polar surface area (TPSA) is 95.7 Å². The predicted octanol–water partition coefficient (Wildman–Crippen LogP) is -0.155. The highest BCUT2D eigenvalue weighted by molar-refractivity contribution is 5.87. The number of nitrogens with zero attached hydrogens (tertiary/aromatic N) is 2. The van der Waals surface area contributed by atoms with Gasteiger partial charge in [-0.25, -0.2) is 0 Å². The van der Waals surface area contributed by atoms with Crippen molar-refractivity contribution in [1.82, 2.24) is 15.1 Å². The van der Waals surface area contributed by atoms with Crippen molar-refractivity contribution in [1.29, 1.82) is 0 Å². The number of hydrogen-bond acceptors (Lipinski definition) is 4. The lowest BCUT2D eigenvalue weighted by Crippen LogP contribution is -2.64. The molecule has 0 aromatic heterocycles. The molecule has 3 amide bonds. The van der Waals surface area contributed by atoms with E-state index < -0.39 is 5.54 Å². The Morgan fingerprint density at radius 3 is 2.17 bits per heavy atom. The molecule has 1 heterocycles. The van der Waals surface area contributed by atoms with E-state index >= 15 is 0 Å². The second kappa shape index (κ2) is 7.09. The maximum absolute atomic E-state index is 12.2. The number of carbonyl (C=O) groups excluding carboxylic acids is 3. The molecule has 0 bridgehead atoms. The van der Waals surface area contributed by atoms with Crippen molar-refractivity contribution in [3.8, 4) is 0 Å². The van der Waals surface area contributed by atoms with E-state index in [0.29, 0.717) is 26.2 Å². The molecule has 0 aromatic carbocycles. The minimum Gasteiger partial charge on any atom is -0.368 e. The summed E-state index contributed by atoms with van der Waals surface area (Å²) < 4.78 is 0. The monoisotopic (exact) mass is 336 g/mol. The van der Waals surface area contributed by atoms with Gasteiger partial charge in [-0.3, -0.25) is 19.3 Å². The first kappa shape index (κ1) is 17.2. The summed E-state index contributed by atoms with van der Waals surface area (Å²) in [4.78, 5) is 39.9. The summed E-state index contributed by atoms with van der Waals surface area (Å²) in [5.41, 5.74) is 5.21. The zero-order chi connectivity index (χ0) is 17.2. The van der Waals surface area contributed by atoms with Crippen LogP contribution in [0.4, 0.5) is 0 Å². The third kappa shape index (κ3) is 3.55. The van der Waals surface area contributed by atoms with E-state index in [-0.39, 0.29) is 30.2 Å². The van der Waals surface area contributed by atoms with Gasteiger partial charge in [0.25, 0.3) is 0 Å². The Hall–Kier alpha value is -1.63. The second-order valence-corrected chi connectivity index (χ2v) is 7.32. The number of hydrogen-bond donors (Lipinski definition) is 2. The number of nitrogens with two attached hydrogens (primary N) is 1. The summed E-state index contributed by atoms with van der Waals surface area (Å²) in [5.74, 6) is -0.146. The van der Waals surface area contributed by atoms with Crippen LogP contribution in [0.25, 0.3) is 0 Å². The van der Waals surface area contributed by atoms with Crippen LogP contribution in [0.5, 0.6) is 0 Å². The maximum Gasteiger partial charge on any atom is 0.242 e. The maximum atomic E-state index is 12.2. The Balaban J connectivity index is 1.50. The molecule has 0 aromatic rings. The molecule has 1 aliphatic heterocycles. The third-order valence-electron chi connectivity index (χ3n) is 5.74. The van der Waals surface area contributed by atoms with E-state index in [0.717, 1.165) is 44.9 Å². The van der Waals surface area contributed by atoms with E-state index in [4.69, 9.17) is 5.73 Å². The Labute approximate surface area is 142 Å². The van der Waals surface area contributed by atoms with Crippen LogP contribution in [0.2, 0.25) is 0 Å². The fraction of sp³-hybridized carbons (Fsp3) is 0.824. The van der Waals surface area contributed by atoms with E-state index in [1.807, 2.05) is 0 Å². The lowest BCUT2D eigenvalue weighted by atomic mass is 9.79. The fourth-order valence-corrected chi connectivity index (χ4v) is 4.00. The van der Waals surface area contributed by atoms with Crippen molar-refractivity contribution in [2.75, 3.05) is 32.7 Å². The van der Waals surface area contributed by atoms with Gasteiger partial charge in [-0.05, 0) is 25.7 Å². The van der Waals surface area contributed by atoms with Crippen LogP contribution in [-0.2, 0) is 14.4 Å². The van der Waals surface area contributed by atoms with Crippen molar-refractivity contribution in [2.45, 2.75) is 50.5 Å². The Morgan fingerprint density at radius 1 is 1.00 bits per heavy atom. The molecule has 7 heteroatoms. The van der Waals surface area contributed by atoms with Gasteiger partial charge in [0, 0.05) is 32.1 Å². The first-order valence-corrected chi connectivity index (χ1v) is 9.13. The Bertz CT molecular complexity index is 504. The van der Waals surface area contributed by atoms with Crippen LogP contribution in [0, 0.1) is 5.92 Å². The summed E-state index contributed by atoms with van der Waals surface area (Å²) in [7, 11) is 0. The van der Waals surface area contributed by atoms with Crippen molar-refractivity contribution in [3.63, 3.8) is 0 Å². The zero-order valence-corrected chi connectivity index (χ0v) is 14.3. The lowest BCUT2D eigenvalue weighted by Gasteiger charge is -2.47. The van der Waals surface area contributed by atoms with Crippen LogP contribution in [0.15, 0.2) is 0 Å². The number of primary amides is 1. The minimum absolute atomic E-state index is 0.00290. The van der Waals surface area contributed by atoms with Gasteiger partial charge in [0.1, 0.15) is 5.54 Å². The molecule has 3 N–H and O–H groups in total. The zero-order valence-electron chi connectivity index (χ0n) is 14.3. The molecule has 0 atom stereocenters. The molecule has 3 rings (SSSR count). The third-order valence-corrected chi connectivity index (χ3v) is 5.74. The van der Waals surface area contributed by atoms with Gasteiger partial charge < -0.3 is 16.0 Å². The summed E-state index contributed by atoms with van der Waals surface area (Å²) in [5, 5.41) is 2.72. The average molecular weight is 336 g/mol. The van der Waals surface area contributed by atoms with Crippen LogP contribution in [-0.4, -0.2) is 65.8 Å². The molecule has 24 heavy (non-hydrogen) atoms. The Morgan fingerprint density at radius 2 is 1.62 bits per heavy atom. The van der Waals surface area contributed by atoms with Crippen molar-refractivity contribution in [2.24, 2.45) is 11.7 Å². The second-order valence-electron chi connectivity index (χ2n) is 7.32. The number of carbonyl (C=O) groups is 3. The number of rotatable bonds is 5. The molecule has 2 saturated carbocycles. The lowest BCUT2D eigenvalue weighted by molar-refractivity contribution is -0.139. The molecule has 0 spiro atoms. The largest absolute Gasteiger partial charge is 0.368 e. The standard InChI is InChI=1S/C17H28N4O3/c18-16(24)17(6-2-1-3-7-17)21-10-8-20(9-11-21)14(22)12-19-15(23)13-4-5-13/h13H,1-12H2,(H2,18,24)(H,19,23). The number of amides is 3. The normalized spacial score (nSPS) is 24.4. The van der Waals surface area contributed by atoms with E-state index in [2.05, 4.69) is 10.2 Å².